The zero-order valence-electron chi connectivity index (χ0n) is 18.2. The average Bonchev–Trinajstić information content (AvgIpc) is 3.16. The molecule has 0 aliphatic rings. The number of hydrogen-bond acceptors (Lipinski definition) is 5. The van der Waals surface area contributed by atoms with Gasteiger partial charge in [-0.15, -0.1) is 0 Å². The number of carbonyl (C=O) groups excluding carboxylic acids is 1. The normalized spacial score (nSPS) is 11.2. The van der Waals surface area contributed by atoms with Gasteiger partial charge in [-0.25, -0.2) is 9.37 Å². The third kappa shape index (κ3) is 4.91. The fourth-order valence-corrected chi connectivity index (χ4v) is 3.36. The van der Waals surface area contributed by atoms with E-state index in [2.05, 4.69) is 20.4 Å². The summed E-state index contributed by atoms with van der Waals surface area (Å²) in [5, 5.41) is 8.15. The van der Waals surface area contributed by atoms with Crippen LogP contribution in [-0.4, -0.2) is 31.7 Å². The fourth-order valence-electron chi connectivity index (χ4n) is 3.36. The summed E-state index contributed by atoms with van der Waals surface area (Å²) in [6.07, 6.45) is 5.16. The van der Waals surface area contributed by atoms with Gasteiger partial charge in [-0.3, -0.25) is 14.5 Å². The van der Waals surface area contributed by atoms with Crippen LogP contribution in [0.2, 0.25) is 0 Å². The SMILES string of the molecule is Cc1cc(Cn2cc3c(C(=O)NC(C)C)nccc3n2)cnc1OCc1ccc(F)cc1. The minimum absolute atomic E-state index is 0.0208. The van der Waals surface area contributed by atoms with Gasteiger partial charge in [-0.05, 0) is 56.2 Å². The molecule has 0 spiro atoms. The molecule has 0 radical (unpaired) electrons. The van der Waals surface area contributed by atoms with E-state index in [0.717, 1.165) is 16.7 Å². The van der Waals surface area contributed by atoms with E-state index in [9.17, 15) is 9.18 Å². The second kappa shape index (κ2) is 9.13. The predicted octanol–water partition coefficient (Wildman–Crippen LogP) is 4.04. The van der Waals surface area contributed by atoms with Crippen molar-refractivity contribution in [2.45, 2.75) is 40.0 Å². The molecule has 4 rings (SSSR count). The first kappa shape index (κ1) is 21.4. The molecule has 0 aliphatic heterocycles. The molecule has 3 aromatic heterocycles. The Hall–Kier alpha value is -3.81. The first-order chi connectivity index (χ1) is 15.4. The largest absolute Gasteiger partial charge is 0.473 e. The summed E-state index contributed by atoms with van der Waals surface area (Å²) < 4.78 is 20.6. The Labute approximate surface area is 185 Å². The topological polar surface area (TPSA) is 81.9 Å². The lowest BCUT2D eigenvalue weighted by atomic mass is 10.2. The van der Waals surface area contributed by atoms with E-state index in [1.54, 1.807) is 35.3 Å². The minimum Gasteiger partial charge on any atom is -0.473 e. The molecule has 1 amide bonds. The Morgan fingerprint density at radius 2 is 1.94 bits per heavy atom. The number of rotatable bonds is 7. The number of aryl methyl sites for hydroxylation is 1. The Morgan fingerprint density at radius 1 is 1.16 bits per heavy atom. The lowest BCUT2D eigenvalue weighted by Gasteiger charge is -2.10. The molecule has 0 saturated heterocycles. The number of ether oxygens (including phenoxy) is 1. The molecule has 32 heavy (non-hydrogen) atoms. The first-order valence-corrected chi connectivity index (χ1v) is 10.3. The van der Waals surface area contributed by atoms with Crippen LogP contribution in [-0.2, 0) is 13.2 Å². The molecule has 0 aliphatic carbocycles. The van der Waals surface area contributed by atoms with Crippen molar-refractivity contribution in [3.8, 4) is 5.88 Å². The lowest BCUT2D eigenvalue weighted by Crippen LogP contribution is -2.30. The van der Waals surface area contributed by atoms with Crippen LogP contribution in [0.1, 0.15) is 41.0 Å². The number of benzene rings is 1. The third-order valence-corrected chi connectivity index (χ3v) is 4.84. The van der Waals surface area contributed by atoms with Crippen LogP contribution < -0.4 is 10.1 Å². The maximum Gasteiger partial charge on any atom is 0.270 e. The maximum atomic E-state index is 13.0. The highest BCUT2D eigenvalue weighted by molar-refractivity contribution is 6.04. The molecule has 0 fully saturated rings. The summed E-state index contributed by atoms with van der Waals surface area (Å²) in [6, 6.07) is 9.98. The second-order valence-corrected chi connectivity index (χ2v) is 7.93. The number of halogens is 1. The van der Waals surface area contributed by atoms with Gasteiger partial charge in [0.15, 0.2) is 0 Å². The van der Waals surface area contributed by atoms with E-state index >= 15 is 0 Å². The molecular weight excluding hydrogens is 409 g/mol. The fraction of sp³-hybridized carbons (Fsp3) is 0.250. The lowest BCUT2D eigenvalue weighted by molar-refractivity contribution is 0.0940. The number of nitrogens with zero attached hydrogens (tertiary/aromatic N) is 4. The van der Waals surface area contributed by atoms with Gasteiger partial charge in [0.25, 0.3) is 5.91 Å². The molecule has 0 unspecified atom stereocenters. The highest BCUT2D eigenvalue weighted by Gasteiger charge is 2.15. The number of pyridine rings is 2. The molecular formula is C24H24FN5O2. The van der Waals surface area contributed by atoms with Crippen LogP contribution in [0.3, 0.4) is 0 Å². The van der Waals surface area contributed by atoms with Crippen LogP contribution in [0.4, 0.5) is 4.39 Å². The average molecular weight is 433 g/mol. The van der Waals surface area contributed by atoms with E-state index in [1.807, 2.05) is 33.0 Å². The predicted molar refractivity (Wildman–Crippen MR) is 119 cm³/mol. The van der Waals surface area contributed by atoms with Gasteiger partial charge >= 0.3 is 0 Å². The Kier molecular flexibility index (Phi) is 6.11. The highest BCUT2D eigenvalue weighted by atomic mass is 19.1. The molecule has 3 heterocycles. The second-order valence-electron chi connectivity index (χ2n) is 7.93. The quantitative estimate of drug-likeness (QED) is 0.476. The number of carbonyl (C=O) groups is 1. The van der Waals surface area contributed by atoms with E-state index in [1.165, 1.54) is 12.1 Å². The maximum absolute atomic E-state index is 13.0. The molecule has 1 N–H and O–H groups in total. The zero-order chi connectivity index (χ0) is 22.7. The molecule has 7 nitrogen and oxygen atoms in total. The van der Waals surface area contributed by atoms with Gasteiger partial charge in [0.05, 0.1) is 17.4 Å². The van der Waals surface area contributed by atoms with Crippen molar-refractivity contribution in [1.29, 1.82) is 0 Å². The highest BCUT2D eigenvalue weighted by Crippen LogP contribution is 2.20. The molecule has 8 heteroatoms. The van der Waals surface area contributed by atoms with Gasteiger partial charge in [-0.2, -0.15) is 5.10 Å². The zero-order valence-corrected chi connectivity index (χ0v) is 18.2. The molecule has 0 saturated carbocycles. The van der Waals surface area contributed by atoms with Crippen molar-refractivity contribution >= 4 is 16.8 Å². The number of amides is 1. The van der Waals surface area contributed by atoms with Crippen LogP contribution in [0, 0.1) is 12.7 Å². The van der Waals surface area contributed by atoms with Crippen LogP contribution in [0.15, 0.2) is 55.0 Å². The summed E-state index contributed by atoms with van der Waals surface area (Å²) in [5.74, 6) is 0.0352. The number of nitrogens with one attached hydrogen (secondary N) is 1. The van der Waals surface area contributed by atoms with Crippen molar-refractivity contribution in [2.75, 3.05) is 0 Å². The molecule has 0 bridgehead atoms. The third-order valence-electron chi connectivity index (χ3n) is 4.84. The van der Waals surface area contributed by atoms with Gasteiger partial charge < -0.3 is 10.1 Å². The van der Waals surface area contributed by atoms with Crippen molar-refractivity contribution in [3.05, 3.63) is 83.2 Å². The van der Waals surface area contributed by atoms with E-state index in [4.69, 9.17) is 4.74 Å². The van der Waals surface area contributed by atoms with Crippen molar-refractivity contribution in [2.24, 2.45) is 0 Å². The molecule has 0 atom stereocenters. The monoisotopic (exact) mass is 433 g/mol. The van der Waals surface area contributed by atoms with Crippen molar-refractivity contribution in [3.63, 3.8) is 0 Å². The minimum atomic E-state index is -0.276. The van der Waals surface area contributed by atoms with Crippen LogP contribution >= 0.6 is 0 Å². The van der Waals surface area contributed by atoms with Gasteiger partial charge in [0, 0.05) is 30.2 Å². The Balaban J connectivity index is 1.48. The van der Waals surface area contributed by atoms with Crippen LogP contribution in [0.25, 0.3) is 10.9 Å². The smallest absolute Gasteiger partial charge is 0.270 e. The number of aromatic nitrogens is 4. The van der Waals surface area contributed by atoms with E-state index in [-0.39, 0.29) is 17.8 Å². The summed E-state index contributed by atoms with van der Waals surface area (Å²) in [7, 11) is 0. The standard InChI is InChI=1S/C24H24FN5O2/c1-15(2)28-23(31)22-20-13-30(29-21(20)8-9-26-22)12-18-10-16(3)24(27-11-18)32-14-17-4-6-19(25)7-5-17/h4-11,13,15H,12,14H2,1-3H3,(H,28,31). The summed E-state index contributed by atoms with van der Waals surface area (Å²) in [6.45, 7) is 6.54. The van der Waals surface area contributed by atoms with E-state index < -0.39 is 0 Å². The number of fused-ring (bicyclic) bond motifs is 1. The van der Waals surface area contributed by atoms with Gasteiger partial charge in [0.2, 0.25) is 5.88 Å². The van der Waals surface area contributed by atoms with Gasteiger partial charge in [-0.1, -0.05) is 12.1 Å². The van der Waals surface area contributed by atoms with Crippen molar-refractivity contribution < 1.29 is 13.9 Å². The molecule has 1 aromatic carbocycles. The van der Waals surface area contributed by atoms with Gasteiger partial charge in [0.1, 0.15) is 18.1 Å². The number of hydrogen-bond donors (Lipinski definition) is 1. The Morgan fingerprint density at radius 3 is 2.66 bits per heavy atom. The summed E-state index contributed by atoms with van der Waals surface area (Å²) >= 11 is 0. The van der Waals surface area contributed by atoms with Crippen molar-refractivity contribution in [1.82, 2.24) is 25.1 Å². The molecule has 164 valence electrons. The van der Waals surface area contributed by atoms with Crippen LogP contribution in [0.5, 0.6) is 5.88 Å². The first-order valence-electron chi connectivity index (χ1n) is 10.3. The Bertz CT molecular complexity index is 1250. The molecule has 4 aromatic rings. The summed E-state index contributed by atoms with van der Waals surface area (Å²) in [5.41, 5.74) is 3.77. The van der Waals surface area contributed by atoms with E-state index in [0.29, 0.717) is 35.6 Å². The summed E-state index contributed by atoms with van der Waals surface area (Å²) in [4.78, 5) is 21.1.